The van der Waals surface area contributed by atoms with Crippen molar-refractivity contribution in [3.63, 3.8) is 0 Å². The Bertz CT molecular complexity index is 665. The van der Waals surface area contributed by atoms with Crippen molar-refractivity contribution in [2.45, 2.75) is 64.4 Å². The molecule has 3 fully saturated rings. The number of hydrogen-bond donors (Lipinski definition) is 1. The maximum atomic E-state index is 12.7. The number of aliphatic hydroxyl groups is 1. The molecule has 5 heteroatoms. The van der Waals surface area contributed by atoms with Crippen LogP contribution in [0.4, 0.5) is 0 Å². The van der Waals surface area contributed by atoms with E-state index in [1.807, 2.05) is 6.92 Å². The van der Waals surface area contributed by atoms with Crippen LogP contribution in [0.25, 0.3) is 0 Å². The Balaban J connectivity index is 0.00000169. The van der Waals surface area contributed by atoms with Gasteiger partial charge in [0.25, 0.3) is 0 Å². The molecule has 3 N–H and O–H groups in total. The Morgan fingerprint density at radius 1 is 1.04 bits per heavy atom. The van der Waals surface area contributed by atoms with E-state index in [0.29, 0.717) is 37.7 Å². The van der Waals surface area contributed by atoms with Gasteiger partial charge in [-0.3, -0.25) is 14.4 Å². The summed E-state index contributed by atoms with van der Waals surface area (Å²) in [5, 5.41) is 11.5. The third kappa shape index (κ3) is 1.85. The normalized spacial score (nSPS) is 47.3. The van der Waals surface area contributed by atoms with Gasteiger partial charge in [-0.2, -0.15) is 0 Å². The van der Waals surface area contributed by atoms with Gasteiger partial charge in [-0.25, -0.2) is 0 Å². The predicted octanol–water partition coefficient (Wildman–Crippen LogP) is 1.56. The first-order chi connectivity index (χ1) is 10.7. The molecule has 0 bridgehead atoms. The lowest BCUT2D eigenvalue weighted by Gasteiger charge is -2.59. The number of ketones is 3. The molecule has 0 aliphatic heterocycles. The minimum atomic E-state index is -1.06. The van der Waals surface area contributed by atoms with Gasteiger partial charge in [0, 0.05) is 24.8 Å². The molecule has 4 aliphatic rings. The summed E-state index contributed by atoms with van der Waals surface area (Å²) in [5.74, 6) is 0.216. The number of fused-ring (bicyclic) bond motifs is 5. The van der Waals surface area contributed by atoms with Gasteiger partial charge in [-0.05, 0) is 55.9 Å². The van der Waals surface area contributed by atoms with Gasteiger partial charge >= 0.3 is 0 Å². The van der Waals surface area contributed by atoms with Crippen LogP contribution in [-0.2, 0) is 14.4 Å². The summed E-state index contributed by atoms with van der Waals surface area (Å²) in [6.07, 6.45) is 5.43. The first-order valence-corrected chi connectivity index (χ1v) is 8.76. The Hall–Kier alpha value is -1.33. The van der Waals surface area contributed by atoms with Crippen LogP contribution in [0.5, 0.6) is 0 Å². The monoisotopic (exact) mass is 334 g/mol. The lowest BCUT2D eigenvalue weighted by Crippen LogP contribution is -2.62. The third-order valence-corrected chi connectivity index (χ3v) is 7.69. The molecule has 5 nitrogen and oxygen atoms in total. The SMILES string of the molecule is C[C@]12CCC(=O)C=C1C(=O)C[C@@H]1[C@@H]2CC[C@]2(C)C(=O)CC[C@@]12O.O. The van der Waals surface area contributed by atoms with E-state index >= 15 is 0 Å². The summed E-state index contributed by atoms with van der Waals surface area (Å²) in [6.45, 7) is 3.98. The summed E-state index contributed by atoms with van der Waals surface area (Å²) < 4.78 is 0. The van der Waals surface area contributed by atoms with Gasteiger partial charge in [-0.1, -0.05) is 6.92 Å². The van der Waals surface area contributed by atoms with Gasteiger partial charge in [0.1, 0.15) is 5.78 Å². The molecule has 0 heterocycles. The van der Waals surface area contributed by atoms with E-state index in [1.54, 1.807) is 6.08 Å². The fourth-order valence-corrected chi connectivity index (χ4v) is 6.11. The van der Waals surface area contributed by atoms with Crippen molar-refractivity contribution in [2.24, 2.45) is 22.7 Å². The zero-order valence-corrected chi connectivity index (χ0v) is 14.4. The zero-order valence-electron chi connectivity index (χ0n) is 14.4. The highest BCUT2D eigenvalue weighted by molar-refractivity contribution is 6.06. The lowest BCUT2D eigenvalue weighted by molar-refractivity contribution is -0.181. The summed E-state index contributed by atoms with van der Waals surface area (Å²) in [5.41, 5.74) is -1.40. The van der Waals surface area contributed by atoms with Crippen LogP contribution in [0.15, 0.2) is 11.6 Å². The molecule has 0 aromatic carbocycles. The molecule has 4 aliphatic carbocycles. The van der Waals surface area contributed by atoms with E-state index in [-0.39, 0.29) is 46.5 Å². The molecule has 0 saturated heterocycles. The molecular weight excluding hydrogens is 308 g/mol. The van der Waals surface area contributed by atoms with Crippen molar-refractivity contribution >= 4 is 17.3 Å². The van der Waals surface area contributed by atoms with Crippen LogP contribution in [0.3, 0.4) is 0 Å². The number of carbonyl (C=O) groups excluding carboxylic acids is 3. The molecular formula is C19H26O5. The maximum absolute atomic E-state index is 12.7. The predicted molar refractivity (Wildman–Crippen MR) is 87.2 cm³/mol. The first-order valence-electron chi connectivity index (χ1n) is 8.76. The van der Waals surface area contributed by atoms with Gasteiger partial charge in [0.15, 0.2) is 11.6 Å². The number of rotatable bonds is 0. The van der Waals surface area contributed by atoms with E-state index in [0.717, 1.165) is 6.42 Å². The number of hydrogen-bond acceptors (Lipinski definition) is 4. The molecule has 0 spiro atoms. The molecule has 3 saturated carbocycles. The fourth-order valence-electron chi connectivity index (χ4n) is 6.11. The van der Waals surface area contributed by atoms with Gasteiger partial charge in [0.05, 0.1) is 11.0 Å². The molecule has 0 radical (unpaired) electrons. The van der Waals surface area contributed by atoms with Crippen LogP contribution < -0.4 is 0 Å². The van der Waals surface area contributed by atoms with Crippen LogP contribution in [0, 0.1) is 22.7 Å². The largest absolute Gasteiger partial charge is 0.412 e. The highest BCUT2D eigenvalue weighted by Gasteiger charge is 2.67. The third-order valence-electron chi connectivity index (χ3n) is 7.69. The molecule has 0 aromatic heterocycles. The minimum absolute atomic E-state index is 0. The Labute approximate surface area is 141 Å². The van der Waals surface area contributed by atoms with Crippen molar-refractivity contribution in [2.75, 3.05) is 0 Å². The molecule has 0 amide bonds. The van der Waals surface area contributed by atoms with Crippen molar-refractivity contribution in [3.8, 4) is 0 Å². The Kier molecular flexibility index (Phi) is 3.71. The summed E-state index contributed by atoms with van der Waals surface area (Å²) in [7, 11) is 0. The number of Topliss-reactive ketones (excluding diaryl/α,β-unsaturated/α-hetero) is 2. The lowest BCUT2D eigenvalue weighted by atomic mass is 9.45. The Morgan fingerprint density at radius 2 is 1.75 bits per heavy atom. The second kappa shape index (κ2) is 5.09. The highest BCUT2D eigenvalue weighted by atomic mass is 16.3. The summed E-state index contributed by atoms with van der Waals surface area (Å²) in [6, 6.07) is 0. The van der Waals surface area contributed by atoms with Crippen molar-refractivity contribution in [1.82, 2.24) is 0 Å². The van der Waals surface area contributed by atoms with E-state index in [1.165, 1.54) is 0 Å². The summed E-state index contributed by atoms with van der Waals surface area (Å²) in [4.78, 5) is 36.9. The zero-order chi connectivity index (χ0) is 16.6. The maximum Gasteiger partial charge on any atom is 0.159 e. The second-order valence-electron chi connectivity index (χ2n) is 8.50. The minimum Gasteiger partial charge on any atom is -0.412 e. The number of carbonyl (C=O) groups is 3. The molecule has 4 rings (SSSR count). The number of allylic oxidation sites excluding steroid dienone is 1. The van der Waals surface area contributed by atoms with Gasteiger partial charge in [0.2, 0.25) is 0 Å². The molecule has 132 valence electrons. The molecule has 5 atom stereocenters. The Morgan fingerprint density at radius 3 is 2.46 bits per heavy atom. The van der Waals surface area contributed by atoms with Crippen LogP contribution in [0.1, 0.15) is 58.8 Å². The van der Waals surface area contributed by atoms with Crippen molar-refractivity contribution in [1.29, 1.82) is 0 Å². The second-order valence-corrected chi connectivity index (χ2v) is 8.50. The van der Waals surface area contributed by atoms with E-state index in [2.05, 4.69) is 6.92 Å². The van der Waals surface area contributed by atoms with Gasteiger partial charge in [-0.15, -0.1) is 0 Å². The molecule has 24 heavy (non-hydrogen) atoms. The van der Waals surface area contributed by atoms with Gasteiger partial charge < -0.3 is 10.6 Å². The van der Waals surface area contributed by atoms with Crippen molar-refractivity contribution in [3.05, 3.63) is 11.6 Å². The first kappa shape index (κ1) is 17.5. The smallest absolute Gasteiger partial charge is 0.159 e. The highest BCUT2D eigenvalue weighted by Crippen LogP contribution is 2.65. The molecule has 0 unspecified atom stereocenters. The average Bonchev–Trinajstić information content (AvgIpc) is 2.74. The quantitative estimate of drug-likeness (QED) is 0.726. The van der Waals surface area contributed by atoms with E-state index < -0.39 is 11.0 Å². The summed E-state index contributed by atoms with van der Waals surface area (Å²) >= 11 is 0. The topological polar surface area (TPSA) is 103 Å². The molecule has 0 aromatic rings. The van der Waals surface area contributed by atoms with Crippen molar-refractivity contribution < 1.29 is 25.0 Å². The average molecular weight is 334 g/mol. The standard InChI is InChI=1S/C19H24O4.H2O/c1-17-6-3-11(20)9-14(17)15(21)10-13-12(17)4-7-18(2)16(22)5-8-19(13,18)23;/h9,12-13,23H,3-8,10H2,1-2H3;1H2/t12-,13+,17+,18+,19+;/m0./s1. The van der Waals surface area contributed by atoms with E-state index in [9.17, 15) is 19.5 Å². The van der Waals surface area contributed by atoms with Crippen LogP contribution in [-0.4, -0.2) is 33.5 Å². The fraction of sp³-hybridized carbons (Fsp3) is 0.737. The van der Waals surface area contributed by atoms with Crippen LogP contribution in [0.2, 0.25) is 0 Å². The van der Waals surface area contributed by atoms with Crippen LogP contribution >= 0.6 is 0 Å². The van der Waals surface area contributed by atoms with E-state index in [4.69, 9.17) is 0 Å².